The smallest absolute Gasteiger partial charge is 0.274 e. The summed E-state index contributed by atoms with van der Waals surface area (Å²) in [5.41, 5.74) is 0. The molecular weight excluding hydrogens is 228 g/mol. The van der Waals surface area contributed by atoms with Gasteiger partial charge in [-0.25, -0.2) is 8.42 Å². The normalized spacial score (nSPS) is 11.2. The molecule has 0 aliphatic rings. The lowest BCUT2D eigenvalue weighted by Crippen LogP contribution is -2.23. The van der Waals surface area contributed by atoms with Gasteiger partial charge in [-0.15, -0.1) is 6.42 Å². The Kier molecular flexibility index (Phi) is 4.55. The number of furan rings is 1. The van der Waals surface area contributed by atoms with E-state index in [9.17, 15) is 8.42 Å². The van der Waals surface area contributed by atoms with Crippen LogP contribution < -0.4 is 10.0 Å². The van der Waals surface area contributed by atoms with Crippen LogP contribution in [0.15, 0.2) is 21.6 Å². The molecule has 0 atom stereocenters. The third-order valence-electron chi connectivity index (χ3n) is 1.82. The van der Waals surface area contributed by atoms with Gasteiger partial charge in [-0.1, -0.05) is 12.8 Å². The highest BCUT2D eigenvalue weighted by Gasteiger charge is 2.17. The molecule has 0 saturated heterocycles. The minimum absolute atomic E-state index is 0.0500. The predicted molar refractivity (Wildman–Crippen MR) is 60.1 cm³/mol. The lowest BCUT2D eigenvalue weighted by Gasteiger charge is -2.00. The summed E-state index contributed by atoms with van der Waals surface area (Å²) >= 11 is 0. The van der Waals surface area contributed by atoms with Crippen LogP contribution in [-0.2, 0) is 16.6 Å². The largest absolute Gasteiger partial charge is 0.447 e. The van der Waals surface area contributed by atoms with E-state index in [1.807, 2.05) is 6.92 Å². The molecule has 0 bridgehead atoms. The summed E-state index contributed by atoms with van der Waals surface area (Å²) < 4.78 is 30.5. The summed E-state index contributed by atoms with van der Waals surface area (Å²) in [6.45, 7) is 3.19. The minimum atomic E-state index is -3.61. The average Bonchev–Trinajstić information content (AvgIpc) is 2.73. The fourth-order valence-electron chi connectivity index (χ4n) is 1.05. The van der Waals surface area contributed by atoms with Crippen molar-refractivity contribution in [2.75, 3.05) is 13.1 Å². The lowest BCUT2D eigenvalue weighted by molar-refractivity contribution is 0.402. The van der Waals surface area contributed by atoms with E-state index in [0.29, 0.717) is 12.3 Å². The van der Waals surface area contributed by atoms with Crippen molar-refractivity contribution in [3.63, 3.8) is 0 Å². The van der Waals surface area contributed by atoms with Gasteiger partial charge in [0.2, 0.25) is 5.09 Å². The van der Waals surface area contributed by atoms with Crippen molar-refractivity contribution in [1.82, 2.24) is 10.0 Å². The van der Waals surface area contributed by atoms with Crippen molar-refractivity contribution in [1.29, 1.82) is 0 Å². The van der Waals surface area contributed by atoms with Gasteiger partial charge in [0.25, 0.3) is 10.0 Å². The van der Waals surface area contributed by atoms with Crippen LogP contribution in [0.5, 0.6) is 0 Å². The van der Waals surface area contributed by atoms with E-state index in [0.717, 1.165) is 6.54 Å². The second-order valence-electron chi connectivity index (χ2n) is 3.03. The number of rotatable bonds is 6. The van der Waals surface area contributed by atoms with Crippen molar-refractivity contribution < 1.29 is 12.8 Å². The van der Waals surface area contributed by atoms with Gasteiger partial charge in [-0.2, -0.15) is 4.72 Å². The van der Waals surface area contributed by atoms with Gasteiger partial charge >= 0.3 is 0 Å². The van der Waals surface area contributed by atoms with Gasteiger partial charge < -0.3 is 9.73 Å². The fourth-order valence-corrected chi connectivity index (χ4v) is 1.93. The molecule has 5 nitrogen and oxygen atoms in total. The highest BCUT2D eigenvalue weighted by Crippen LogP contribution is 2.13. The minimum Gasteiger partial charge on any atom is -0.447 e. The highest BCUT2D eigenvalue weighted by atomic mass is 32.2. The van der Waals surface area contributed by atoms with Crippen LogP contribution in [0.25, 0.3) is 0 Å². The Bertz CT molecular complexity index is 470. The Balaban J connectivity index is 2.73. The summed E-state index contributed by atoms with van der Waals surface area (Å²) in [6, 6.07) is 3.03. The van der Waals surface area contributed by atoms with Gasteiger partial charge in [-0.3, -0.25) is 0 Å². The SMILES string of the molecule is C#CCNS(=O)(=O)c1ccc(CNCC)o1. The van der Waals surface area contributed by atoms with Gasteiger partial charge in [0.1, 0.15) is 5.76 Å². The Hall–Kier alpha value is -1.29. The second kappa shape index (κ2) is 5.70. The van der Waals surface area contributed by atoms with Crippen LogP contribution in [0.2, 0.25) is 0 Å². The van der Waals surface area contributed by atoms with Gasteiger partial charge in [0.05, 0.1) is 13.1 Å². The van der Waals surface area contributed by atoms with E-state index in [-0.39, 0.29) is 11.6 Å². The molecule has 0 radical (unpaired) electrons. The summed E-state index contributed by atoms with van der Waals surface area (Å²) in [5, 5.41) is 2.92. The van der Waals surface area contributed by atoms with Crippen molar-refractivity contribution in [2.45, 2.75) is 18.6 Å². The quantitative estimate of drug-likeness (QED) is 0.704. The van der Waals surface area contributed by atoms with E-state index < -0.39 is 10.0 Å². The summed E-state index contributed by atoms with van der Waals surface area (Å²) in [5.74, 6) is 2.76. The van der Waals surface area contributed by atoms with Crippen LogP contribution >= 0.6 is 0 Å². The molecule has 0 aliphatic carbocycles. The molecule has 6 heteroatoms. The topological polar surface area (TPSA) is 71.3 Å². The Morgan fingerprint density at radius 2 is 2.25 bits per heavy atom. The monoisotopic (exact) mass is 242 g/mol. The van der Waals surface area contributed by atoms with E-state index in [1.165, 1.54) is 6.07 Å². The number of hydrogen-bond donors (Lipinski definition) is 2. The van der Waals surface area contributed by atoms with E-state index in [2.05, 4.69) is 16.0 Å². The third kappa shape index (κ3) is 3.38. The first-order valence-corrected chi connectivity index (χ1v) is 6.31. The molecule has 1 heterocycles. The van der Waals surface area contributed by atoms with Crippen LogP contribution in [0.1, 0.15) is 12.7 Å². The highest BCUT2D eigenvalue weighted by molar-refractivity contribution is 7.89. The van der Waals surface area contributed by atoms with Gasteiger partial charge in [0.15, 0.2) is 0 Å². The molecule has 0 saturated carbocycles. The molecule has 0 spiro atoms. The number of hydrogen-bond acceptors (Lipinski definition) is 4. The molecule has 0 aromatic carbocycles. The first kappa shape index (κ1) is 12.8. The molecule has 1 rings (SSSR count). The van der Waals surface area contributed by atoms with Crippen molar-refractivity contribution in [2.24, 2.45) is 0 Å². The molecule has 16 heavy (non-hydrogen) atoms. The van der Waals surface area contributed by atoms with Crippen LogP contribution in [0, 0.1) is 12.3 Å². The van der Waals surface area contributed by atoms with E-state index >= 15 is 0 Å². The zero-order chi connectivity index (χ0) is 12.0. The molecule has 1 aromatic rings. The summed E-state index contributed by atoms with van der Waals surface area (Å²) in [4.78, 5) is 0. The summed E-state index contributed by atoms with van der Waals surface area (Å²) in [6.07, 6.45) is 4.97. The maximum absolute atomic E-state index is 11.6. The Morgan fingerprint density at radius 1 is 1.50 bits per heavy atom. The van der Waals surface area contributed by atoms with Gasteiger partial charge in [0, 0.05) is 0 Å². The molecule has 2 N–H and O–H groups in total. The molecule has 88 valence electrons. The van der Waals surface area contributed by atoms with Crippen LogP contribution in [0.3, 0.4) is 0 Å². The number of nitrogens with one attached hydrogen (secondary N) is 2. The van der Waals surface area contributed by atoms with E-state index in [1.54, 1.807) is 6.07 Å². The average molecular weight is 242 g/mol. The molecular formula is C10H14N2O3S. The number of sulfonamides is 1. The molecule has 0 aliphatic heterocycles. The summed E-state index contributed by atoms with van der Waals surface area (Å²) in [7, 11) is -3.61. The predicted octanol–water partition coefficient (Wildman–Crippen LogP) is 0.301. The van der Waals surface area contributed by atoms with Crippen molar-refractivity contribution >= 4 is 10.0 Å². The standard InChI is InChI=1S/C10H14N2O3S/c1-3-7-12-16(13,14)10-6-5-9(15-10)8-11-4-2/h1,5-6,11-12H,4,7-8H2,2H3. The molecule has 0 unspecified atom stereocenters. The maximum Gasteiger partial charge on any atom is 0.274 e. The zero-order valence-electron chi connectivity index (χ0n) is 8.99. The van der Waals surface area contributed by atoms with Crippen molar-refractivity contribution in [3.05, 3.63) is 17.9 Å². The molecule has 0 fully saturated rings. The third-order valence-corrected chi connectivity index (χ3v) is 3.09. The van der Waals surface area contributed by atoms with Gasteiger partial charge in [-0.05, 0) is 18.7 Å². The van der Waals surface area contributed by atoms with E-state index in [4.69, 9.17) is 10.8 Å². The zero-order valence-corrected chi connectivity index (χ0v) is 9.80. The fraction of sp³-hybridized carbons (Fsp3) is 0.400. The Labute approximate surface area is 95.3 Å². The van der Waals surface area contributed by atoms with Crippen LogP contribution in [0.4, 0.5) is 0 Å². The first-order chi connectivity index (χ1) is 7.60. The second-order valence-corrected chi connectivity index (χ2v) is 4.73. The maximum atomic E-state index is 11.6. The van der Waals surface area contributed by atoms with Crippen molar-refractivity contribution in [3.8, 4) is 12.3 Å². The number of terminal acetylenes is 1. The lowest BCUT2D eigenvalue weighted by atomic mass is 10.4. The molecule has 1 aromatic heterocycles. The Morgan fingerprint density at radius 3 is 2.88 bits per heavy atom. The first-order valence-electron chi connectivity index (χ1n) is 4.82. The molecule has 0 amide bonds. The van der Waals surface area contributed by atoms with Crippen LogP contribution in [-0.4, -0.2) is 21.5 Å².